The smallest absolute Gasteiger partial charge is 0.0408 e. The van der Waals surface area contributed by atoms with Crippen LogP contribution in [0.25, 0.3) is 0 Å². The molecule has 0 spiro atoms. The molecule has 1 rings (SSSR count). The molecule has 0 saturated heterocycles. The first kappa shape index (κ1) is 12.3. The predicted molar refractivity (Wildman–Crippen MR) is 67.4 cm³/mol. The highest BCUT2D eigenvalue weighted by molar-refractivity contribution is 6.30. The molecule has 1 atom stereocenters. The van der Waals surface area contributed by atoms with Gasteiger partial charge in [-0.25, -0.2) is 0 Å². The van der Waals surface area contributed by atoms with Crippen molar-refractivity contribution in [2.24, 2.45) is 0 Å². The molecule has 82 valence electrons. The lowest BCUT2D eigenvalue weighted by molar-refractivity contribution is 0.525. The number of allylic oxidation sites excluding steroid dienone is 1. The third-order valence-corrected chi connectivity index (χ3v) is 2.73. The molecule has 2 heteroatoms. The molecular formula is C13H18ClN. The van der Waals surface area contributed by atoms with E-state index >= 15 is 0 Å². The second-order valence-corrected chi connectivity index (χ2v) is 4.12. The quantitative estimate of drug-likeness (QED) is 0.729. The highest BCUT2D eigenvalue weighted by Crippen LogP contribution is 2.13. The summed E-state index contributed by atoms with van der Waals surface area (Å²) in [5.41, 5.74) is 1.28. The highest BCUT2D eigenvalue weighted by Gasteiger charge is 2.06. The van der Waals surface area contributed by atoms with Gasteiger partial charge < -0.3 is 5.32 Å². The fourth-order valence-electron chi connectivity index (χ4n) is 1.62. The van der Waals surface area contributed by atoms with Crippen LogP contribution in [0.2, 0.25) is 5.02 Å². The predicted octanol–water partition coefficient (Wildman–Crippen LogP) is 3.44. The molecule has 1 aromatic carbocycles. The van der Waals surface area contributed by atoms with Crippen LogP contribution in [0.15, 0.2) is 36.9 Å². The zero-order valence-corrected chi connectivity index (χ0v) is 9.93. The van der Waals surface area contributed by atoms with Gasteiger partial charge in [-0.2, -0.15) is 0 Å². The van der Waals surface area contributed by atoms with E-state index in [1.165, 1.54) is 5.56 Å². The molecule has 1 aromatic rings. The Kier molecular flexibility index (Phi) is 5.44. The number of hydrogen-bond donors (Lipinski definition) is 1. The molecule has 0 aromatic heterocycles. The van der Waals surface area contributed by atoms with E-state index in [1.54, 1.807) is 0 Å². The largest absolute Gasteiger partial charge is 0.317 e. The summed E-state index contributed by atoms with van der Waals surface area (Å²) in [6.07, 6.45) is 5.14. The summed E-state index contributed by atoms with van der Waals surface area (Å²) in [6, 6.07) is 8.55. The van der Waals surface area contributed by atoms with Crippen molar-refractivity contribution >= 4 is 11.6 Å². The van der Waals surface area contributed by atoms with Gasteiger partial charge in [0.1, 0.15) is 0 Å². The number of halogens is 1. The Bertz CT molecular complexity index is 309. The maximum Gasteiger partial charge on any atom is 0.0408 e. The fourth-order valence-corrected chi connectivity index (χ4v) is 1.83. The number of benzene rings is 1. The molecule has 0 amide bonds. The molecule has 1 unspecified atom stereocenters. The number of hydrogen-bond acceptors (Lipinski definition) is 1. The second kappa shape index (κ2) is 6.65. The number of nitrogens with one attached hydrogen (secondary N) is 1. The average Bonchev–Trinajstić information content (AvgIpc) is 2.24. The first-order valence-corrected chi connectivity index (χ1v) is 5.66. The van der Waals surface area contributed by atoms with Crippen LogP contribution in [0.3, 0.4) is 0 Å². The van der Waals surface area contributed by atoms with Crippen molar-refractivity contribution < 1.29 is 0 Å². The van der Waals surface area contributed by atoms with E-state index in [9.17, 15) is 0 Å². The van der Waals surface area contributed by atoms with E-state index in [-0.39, 0.29) is 0 Å². The van der Waals surface area contributed by atoms with Crippen LogP contribution in [0.4, 0.5) is 0 Å². The Morgan fingerprint density at radius 1 is 1.53 bits per heavy atom. The standard InChI is InChI=1S/C13H18ClN/c1-3-4-8-13(15-2)10-11-6-5-7-12(14)9-11/h3,5-7,9,13,15H,1,4,8,10H2,2H3. The van der Waals surface area contributed by atoms with Crippen molar-refractivity contribution in [3.8, 4) is 0 Å². The van der Waals surface area contributed by atoms with Crippen LogP contribution < -0.4 is 5.32 Å². The van der Waals surface area contributed by atoms with Gasteiger partial charge in [-0.3, -0.25) is 0 Å². The molecule has 0 aliphatic heterocycles. The summed E-state index contributed by atoms with van der Waals surface area (Å²) >= 11 is 5.94. The number of likely N-dealkylation sites (N-methyl/N-ethyl adjacent to an activating group) is 1. The Balaban J connectivity index is 2.54. The van der Waals surface area contributed by atoms with Crippen molar-refractivity contribution in [3.05, 3.63) is 47.5 Å². The zero-order chi connectivity index (χ0) is 11.1. The third-order valence-electron chi connectivity index (χ3n) is 2.50. The van der Waals surface area contributed by atoms with Crippen molar-refractivity contribution in [2.45, 2.75) is 25.3 Å². The molecule has 0 radical (unpaired) electrons. The fraction of sp³-hybridized carbons (Fsp3) is 0.385. The Morgan fingerprint density at radius 3 is 2.93 bits per heavy atom. The lowest BCUT2D eigenvalue weighted by atomic mass is 10.0. The minimum Gasteiger partial charge on any atom is -0.317 e. The second-order valence-electron chi connectivity index (χ2n) is 3.69. The van der Waals surface area contributed by atoms with Crippen LogP contribution in [0, 0.1) is 0 Å². The lowest BCUT2D eigenvalue weighted by Crippen LogP contribution is -2.27. The molecule has 0 aliphatic carbocycles. The van der Waals surface area contributed by atoms with Gasteiger partial charge in [-0.15, -0.1) is 6.58 Å². The van der Waals surface area contributed by atoms with E-state index in [0.717, 1.165) is 24.3 Å². The molecule has 15 heavy (non-hydrogen) atoms. The molecule has 0 heterocycles. The molecule has 0 saturated carbocycles. The summed E-state index contributed by atoms with van der Waals surface area (Å²) in [6.45, 7) is 3.74. The minimum absolute atomic E-state index is 0.501. The van der Waals surface area contributed by atoms with Crippen LogP contribution in [-0.2, 0) is 6.42 Å². The van der Waals surface area contributed by atoms with Gasteiger partial charge in [0.25, 0.3) is 0 Å². The number of rotatable bonds is 6. The molecule has 1 N–H and O–H groups in total. The molecular weight excluding hydrogens is 206 g/mol. The van der Waals surface area contributed by atoms with E-state index in [1.807, 2.05) is 31.3 Å². The summed E-state index contributed by atoms with van der Waals surface area (Å²) < 4.78 is 0. The lowest BCUT2D eigenvalue weighted by Gasteiger charge is -2.15. The van der Waals surface area contributed by atoms with E-state index in [2.05, 4.69) is 18.0 Å². The Hall–Kier alpha value is -0.790. The Morgan fingerprint density at radius 2 is 2.33 bits per heavy atom. The molecule has 0 aliphatic rings. The summed E-state index contributed by atoms with van der Waals surface area (Å²) in [5.74, 6) is 0. The summed E-state index contributed by atoms with van der Waals surface area (Å²) in [7, 11) is 2.00. The van der Waals surface area contributed by atoms with Gasteiger partial charge in [0.15, 0.2) is 0 Å². The Labute approximate surface area is 97.1 Å². The third kappa shape index (κ3) is 4.50. The average molecular weight is 224 g/mol. The minimum atomic E-state index is 0.501. The van der Waals surface area contributed by atoms with Crippen LogP contribution in [-0.4, -0.2) is 13.1 Å². The van der Waals surface area contributed by atoms with Crippen LogP contribution in [0.1, 0.15) is 18.4 Å². The van der Waals surface area contributed by atoms with Gasteiger partial charge in [0, 0.05) is 11.1 Å². The first-order valence-electron chi connectivity index (χ1n) is 5.29. The van der Waals surface area contributed by atoms with Gasteiger partial charge in [0.2, 0.25) is 0 Å². The van der Waals surface area contributed by atoms with Crippen molar-refractivity contribution in [2.75, 3.05) is 7.05 Å². The normalized spacial score (nSPS) is 12.4. The van der Waals surface area contributed by atoms with Crippen molar-refractivity contribution in [1.29, 1.82) is 0 Å². The summed E-state index contributed by atoms with van der Waals surface area (Å²) in [4.78, 5) is 0. The van der Waals surface area contributed by atoms with E-state index in [4.69, 9.17) is 11.6 Å². The van der Waals surface area contributed by atoms with Gasteiger partial charge in [-0.1, -0.05) is 29.8 Å². The SMILES string of the molecule is C=CCCC(Cc1cccc(Cl)c1)NC. The van der Waals surface area contributed by atoms with Crippen molar-refractivity contribution in [3.63, 3.8) is 0 Å². The summed E-state index contributed by atoms with van der Waals surface area (Å²) in [5, 5.41) is 4.13. The highest BCUT2D eigenvalue weighted by atomic mass is 35.5. The van der Waals surface area contributed by atoms with E-state index in [0.29, 0.717) is 6.04 Å². The van der Waals surface area contributed by atoms with E-state index < -0.39 is 0 Å². The monoisotopic (exact) mass is 223 g/mol. The van der Waals surface area contributed by atoms with Gasteiger partial charge in [0.05, 0.1) is 0 Å². The first-order chi connectivity index (χ1) is 7.26. The maximum absolute atomic E-state index is 5.94. The van der Waals surface area contributed by atoms with Crippen LogP contribution >= 0.6 is 11.6 Å². The van der Waals surface area contributed by atoms with Crippen molar-refractivity contribution in [1.82, 2.24) is 5.32 Å². The topological polar surface area (TPSA) is 12.0 Å². The molecule has 0 bridgehead atoms. The van der Waals surface area contributed by atoms with Gasteiger partial charge in [-0.05, 0) is 44.0 Å². The van der Waals surface area contributed by atoms with Crippen LogP contribution in [0.5, 0.6) is 0 Å². The molecule has 0 fully saturated rings. The zero-order valence-electron chi connectivity index (χ0n) is 9.17. The van der Waals surface area contributed by atoms with Gasteiger partial charge >= 0.3 is 0 Å². The maximum atomic E-state index is 5.94. The molecule has 1 nitrogen and oxygen atoms in total.